The van der Waals surface area contributed by atoms with Gasteiger partial charge in [-0.3, -0.25) is 33.8 Å². The Morgan fingerprint density at radius 3 is 1.87 bits per heavy atom. The van der Waals surface area contributed by atoms with Crippen LogP contribution in [-0.2, 0) is 65.5 Å². The standard InChI is InChI=1S/C65H86N12O26/c1-26(29-6-4-3-5-7-29)41-57(93)71-34(17-27-9-13-32(14-10-27)99-62-52(90)48(86)54(39(24-80)101-62)102-63-51(89)47(85)53(38(23-79)100-63)98-25-28-8-11-31-18-33(97-2)15-12-30(31)16-28)56(92)75-42(44(82)35-19-69-64(66)73-35)59(95)76-43(58(94)72-36(22-78)55(91)68-21-40(81)74-41)45(83)37-20-70-65(67)77(37)60-49(87)46(84)50(88)61(96)103-60/h3-16,18,26,34-39,41-54,60-63,78-80,82-90,96H,17,19-25H2,1-2H3,(H2,67,70)(H,68,91)(H,71,93)(H,72,94)(H,74,81)(H,75,92)(H,76,95)(H3,66,69,73)/t26-,34+,35-,36-,37-,38+,39+,41-,42-,43+,44-,45-,46+,47+,48+,49-,50-,51-,52-,53+,54+,60-,61-,62-,63+/m0/s1. The minimum absolute atomic E-state index is 0.0712. The number of aliphatic imine (C=N–C) groups is 2. The second-order valence-corrected chi connectivity index (χ2v) is 25.5. The van der Waals surface area contributed by atoms with Crippen LogP contribution in [-0.4, -0.2) is 312 Å². The summed E-state index contributed by atoms with van der Waals surface area (Å²) in [5.41, 5.74) is 13.5. The Morgan fingerprint density at radius 2 is 1.19 bits per heavy atom. The van der Waals surface area contributed by atoms with Gasteiger partial charge in [-0.05, 0) is 57.8 Å². The summed E-state index contributed by atoms with van der Waals surface area (Å²) in [6.07, 6.45) is -32.1. The number of rotatable bonds is 20. The predicted octanol–water partition coefficient (Wildman–Crippen LogP) is -10.3. The van der Waals surface area contributed by atoms with Crippen molar-refractivity contribution in [1.29, 1.82) is 0 Å². The number of benzene rings is 4. The van der Waals surface area contributed by atoms with E-state index in [1.54, 1.807) is 56.5 Å². The summed E-state index contributed by atoms with van der Waals surface area (Å²) in [4.78, 5) is 96.4. The highest BCUT2D eigenvalue weighted by Crippen LogP contribution is 2.34. The third-order valence-corrected chi connectivity index (χ3v) is 18.7. The molecule has 0 aromatic heterocycles. The van der Waals surface area contributed by atoms with Crippen molar-refractivity contribution >= 4 is 58.1 Å². The van der Waals surface area contributed by atoms with Gasteiger partial charge in [0.25, 0.3) is 0 Å². The Hall–Kier alpha value is -8.62. The second-order valence-electron chi connectivity index (χ2n) is 25.5. The summed E-state index contributed by atoms with van der Waals surface area (Å²) in [7, 11) is 1.55. The largest absolute Gasteiger partial charge is 0.497 e. The van der Waals surface area contributed by atoms with Gasteiger partial charge in [0, 0.05) is 18.9 Å². The van der Waals surface area contributed by atoms with Crippen LogP contribution < -0.4 is 58.2 Å². The van der Waals surface area contributed by atoms with Crippen LogP contribution in [0.15, 0.2) is 101 Å². The molecule has 0 bridgehead atoms. The van der Waals surface area contributed by atoms with Gasteiger partial charge >= 0.3 is 0 Å². The molecular weight excluding hydrogens is 1360 g/mol. The van der Waals surface area contributed by atoms with Crippen molar-refractivity contribution in [3.8, 4) is 11.5 Å². The maximum absolute atomic E-state index is 15.2. The van der Waals surface area contributed by atoms with Crippen LogP contribution in [0.5, 0.6) is 11.5 Å². The zero-order chi connectivity index (χ0) is 74.2. The molecule has 0 radical (unpaired) electrons. The number of guanidine groups is 2. The molecule has 6 heterocycles. The van der Waals surface area contributed by atoms with Gasteiger partial charge in [-0.2, -0.15) is 0 Å². The number of carbonyl (C=O) groups excluding carboxylic acids is 6. The zero-order valence-electron chi connectivity index (χ0n) is 55.4. The van der Waals surface area contributed by atoms with Crippen LogP contribution in [0.1, 0.15) is 29.5 Å². The highest BCUT2D eigenvalue weighted by atomic mass is 16.7. The first-order chi connectivity index (χ1) is 49.2. The van der Waals surface area contributed by atoms with E-state index < -0.39 is 233 Å². The highest BCUT2D eigenvalue weighted by Gasteiger charge is 2.54. The molecule has 0 spiro atoms. The van der Waals surface area contributed by atoms with Crippen LogP contribution in [0.3, 0.4) is 0 Å². The Balaban J connectivity index is 0.890. The molecule has 24 N–H and O–H groups in total. The quantitative estimate of drug-likeness (QED) is 0.0391. The molecule has 10 rings (SSSR count). The Bertz CT molecular complexity index is 3680. The van der Waals surface area contributed by atoms with E-state index in [9.17, 15) is 85.6 Å². The minimum atomic E-state index is -2.37. The summed E-state index contributed by atoms with van der Waals surface area (Å²) in [5, 5.41) is 163. The number of nitrogens with zero attached hydrogens (tertiary/aromatic N) is 3. The highest BCUT2D eigenvalue weighted by molar-refractivity contribution is 5.98. The van der Waals surface area contributed by atoms with Crippen LogP contribution in [0.4, 0.5) is 0 Å². The number of hydrogen-bond donors (Lipinski definition) is 22. The van der Waals surface area contributed by atoms with Crippen LogP contribution >= 0.6 is 0 Å². The molecule has 25 atom stereocenters. The Labute approximate surface area is 586 Å². The molecule has 6 aliphatic rings. The minimum Gasteiger partial charge on any atom is -0.497 e. The topological polar surface area (TPSA) is 594 Å². The molecule has 4 fully saturated rings. The normalized spacial score (nSPS) is 34.5. The summed E-state index contributed by atoms with van der Waals surface area (Å²) < 4.78 is 40.2. The molecule has 38 nitrogen and oxygen atoms in total. The first-order valence-corrected chi connectivity index (χ1v) is 32.9. The fourth-order valence-corrected chi connectivity index (χ4v) is 12.8. The lowest BCUT2D eigenvalue weighted by molar-refractivity contribution is -0.355. The molecular formula is C65H86N12O26. The smallest absolute Gasteiger partial charge is 0.246 e. The van der Waals surface area contributed by atoms with E-state index in [1.807, 2.05) is 24.3 Å². The van der Waals surface area contributed by atoms with E-state index in [0.29, 0.717) is 16.9 Å². The average molecular weight is 1450 g/mol. The maximum Gasteiger partial charge on any atom is 0.246 e. The van der Waals surface area contributed by atoms with Gasteiger partial charge in [0.1, 0.15) is 121 Å². The van der Waals surface area contributed by atoms with Crippen molar-refractivity contribution in [2.24, 2.45) is 21.5 Å². The van der Waals surface area contributed by atoms with Gasteiger partial charge in [-0.1, -0.05) is 67.6 Å². The lowest BCUT2D eigenvalue weighted by Gasteiger charge is -2.46. The number of nitrogens with two attached hydrogens (primary N) is 2. The molecule has 0 unspecified atom stereocenters. The summed E-state index contributed by atoms with van der Waals surface area (Å²) in [6.45, 7) is -3.03. The van der Waals surface area contributed by atoms with E-state index in [4.69, 9.17) is 44.6 Å². The molecule has 4 aromatic rings. The Kier molecular flexibility index (Phi) is 25.3. The molecule has 4 saturated heterocycles. The van der Waals surface area contributed by atoms with Crippen molar-refractivity contribution in [3.63, 3.8) is 0 Å². The lowest BCUT2D eigenvalue weighted by atomic mass is 9.92. The van der Waals surface area contributed by atoms with E-state index in [-0.39, 0.29) is 30.4 Å². The van der Waals surface area contributed by atoms with Crippen molar-refractivity contribution in [1.82, 2.24) is 42.1 Å². The van der Waals surface area contributed by atoms with Crippen molar-refractivity contribution in [2.45, 2.75) is 173 Å². The fourth-order valence-electron chi connectivity index (χ4n) is 12.8. The molecule has 103 heavy (non-hydrogen) atoms. The third-order valence-electron chi connectivity index (χ3n) is 18.7. The molecule has 0 saturated carbocycles. The molecule has 6 amide bonds. The van der Waals surface area contributed by atoms with Crippen molar-refractivity contribution in [2.75, 3.05) is 46.6 Å². The molecule has 0 aliphatic carbocycles. The number of fused-ring (bicyclic) bond motifs is 1. The van der Waals surface area contributed by atoms with E-state index in [2.05, 4.69) is 47.2 Å². The maximum atomic E-state index is 15.2. The number of methoxy groups -OCH3 is 1. The summed E-state index contributed by atoms with van der Waals surface area (Å²) >= 11 is 0. The number of aliphatic hydroxyl groups excluding tert-OH is 13. The van der Waals surface area contributed by atoms with Gasteiger partial charge in [0.05, 0.1) is 58.7 Å². The molecule has 6 aliphatic heterocycles. The number of nitrogens with one attached hydrogen (secondary N) is 7. The van der Waals surface area contributed by atoms with Crippen LogP contribution in [0, 0.1) is 0 Å². The summed E-state index contributed by atoms with van der Waals surface area (Å²) in [5.74, 6) is -8.44. The molecule has 562 valence electrons. The monoisotopic (exact) mass is 1450 g/mol. The zero-order valence-corrected chi connectivity index (χ0v) is 55.4. The third kappa shape index (κ3) is 17.5. The van der Waals surface area contributed by atoms with Crippen molar-refractivity contribution in [3.05, 3.63) is 108 Å². The van der Waals surface area contributed by atoms with E-state index >= 15 is 9.59 Å². The van der Waals surface area contributed by atoms with Crippen molar-refractivity contribution < 1.29 is 128 Å². The fraction of sp³-hybridized carbons (Fsp3) is 0.538. The lowest BCUT2D eigenvalue weighted by Crippen LogP contribution is -2.70. The summed E-state index contributed by atoms with van der Waals surface area (Å²) in [6, 6.07) is 11.7. The first-order valence-electron chi connectivity index (χ1n) is 32.9. The molecule has 38 heteroatoms. The van der Waals surface area contributed by atoms with Gasteiger partial charge in [-0.25, -0.2) is 4.99 Å². The number of carbonyl (C=O) groups is 6. The number of amides is 6. The predicted molar refractivity (Wildman–Crippen MR) is 351 cm³/mol. The Morgan fingerprint density at radius 1 is 0.592 bits per heavy atom. The molecule has 4 aromatic carbocycles. The van der Waals surface area contributed by atoms with E-state index in [0.717, 1.165) is 15.7 Å². The van der Waals surface area contributed by atoms with Gasteiger partial charge in [0.2, 0.25) is 41.7 Å². The average Bonchev–Trinajstić information content (AvgIpc) is 1.68. The van der Waals surface area contributed by atoms with Gasteiger partial charge in [0.15, 0.2) is 30.7 Å². The SMILES string of the molecule is COc1ccc2cc(CO[C@H]3[C@H](O)[C@H](O)[C@@H](O[C@H]4[C@H](O)[C@H](O)[C@@H](Oc5ccc(C[C@H]6NC(=O)[C@H]([C@@H](C)c7ccccc7)NC(=O)CNC(=O)[C@H](CO)NC(=O)[C@@H]([C@@H](O)[C@@H]7CN=C(N)N7[C@H]7O[C@H](O)[C@@H](O)[C@H](O)[C@@H]7O)NC(=O)[C@H]([C@@H](O)[C@@H]7CNC(N)=N7)NC6=O)cc5)O[C@@H]4CO)O[C@@H]3CO)ccc2c1. The number of aliphatic hydroxyl groups is 13. The number of ether oxygens (including phenoxy) is 7. The number of hydrogen-bond acceptors (Lipinski definition) is 32. The van der Waals surface area contributed by atoms with E-state index in [1.165, 1.54) is 24.3 Å². The van der Waals surface area contributed by atoms with Crippen LogP contribution in [0.2, 0.25) is 0 Å². The van der Waals surface area contributed by atoms with Gasteiger partial charge < -0.3 is 153 Å². The first kappa shape index (κ1) is 77.0. The van der Waals surface area contributed by atoms with Gasteiger partial charge in [-0.15, -0.1) is 0 Å². The van der Waals surface area contributed by atoms with Crippen LogP contribution in [0.25, 0.3) is 10.8 Å². The second kappa shape index (κ2) is 33.9.